The molecule has 0 heterocycles. The van der Waals surface area contributed by atoms with Gasteiger partial charge in [0.05, 0.1) is 5.56 Å². The molecule has 1 amide bonds. The number of amides is 1. The van der Waals surface area contributed by atoms with Crippen LogP contribution in [0.5, 0.6) is 0 Å². The minimum Gasteiger partial charge on any atom is -0.478 e. The van der Waals surface area contributed by atoms with Gasteiger partial charge in [-0.1, -0.05) is 13.8 Å². The summed E-state index contributed by atoms with van der Waals surface area (Å²) in [5.74, 6) is -0.833. The number of aryl methyl sites for hydroxylation is 1. The van der Waals surface area contributed by atoms with Crippen LogP contribution in [-0.4, -0.2) is 17.0 Å². The van der Waals surface area contributed by atoms with Gasteiger partial charge in [-0.25, -0.2) is 4.79 Å². The molecular formula is C15H19NO3. The average Bonchev–Trinajstić information content (AvgIpc) is 3.02. The van der Waals surface area contributed by atoms with E-state index in [9.17, 15) is 9.59 Å². The molecule has 1 fully saturated rings. The highest BCUT2D eigenvalue weighted by Crippen LogP contribution is 2.55. The minimum atomic E-state index is -0.948. The highest BCUT2D eigenvalue weighted by molar-refractivity contribution is 5.96. The number of rotatable bonds is 4. The third kappa shape index (κ3) is 2.62. The Bertz CT molecular complexity index is 538. The van der Waals surface area contributed by atoms with Gasteiger partial charge in [0.2, 0.25) is 5.91 Å². The predicted octanol–water partition coefficient (Wildman–Crippen LogP) is 3.07. The van der Waals surface area contributed by atoms with E-state index in [2.05, 4.69) is 19.2 Å². The first-order valence-electron chi connectivity index (χ1n) is 6.52. The molecule has 2 N–H and O–H groups in total. The maximum Gasteiger partial charge on any atom is 0.335 e. The molecule has 0 aromatic heterocycles. The standard InChI is InChI=1S/C15H19NO3/c1-4-15(3)8-12(15)13(17)16-10-5-6-11(14(18)19)9(2)7-10/h5-7,12H,4,8H2,1-3H3,(H,16,17)(H,18,19). The second kappa shape index (κ2) is 4.68. The van der Waals surface area contributed by atoms with Crippen LogP contribution in [0, 0.1) is 18.3 Å². The van der Waals surface area contributed by atoms with Crippen LogP contribution >= 0.6 is 0 Å². The monoisotopic (exact) mass is 261 g/mol. The molecule has 1 aromatic carbocycles. The lowest BCUT2D eigenvalue weighted by atomic mass is 10.0. The number of carbonyl (C=O) groups excluding carboxylic acids is 1. The van der Waals surface area contributed by atoms with Crippen molar-refractivity contribution < 1.29 is 14.7 Å². The van der Waals surface area contributed by atoms with E-state index in [4.69, 9.17) is 5.11 Å². The van der Waals surface area contributed by atoms with Crippen molar-refractivity contribution in [1.29, 1.82) is 0 Å². The number of anilines is 1. The quantitative estimate of drug-likeness (QED) is 0.875. The summed E-state index contributed by atoms with van der Waals surface area (Å²) in [4.78, 5) is 23.0. The molecule has 4 nitrogen and oxygen atoms in total. The van der Waals surface area contributed by atoms with Crippen LogP contribution in [-0.2, 0) is 4.79 Å². The summed E-state index contributed by atoms with van der Waals surface area (Å²) in [5, 5.41) is 11.8. The van der Waals surface area contributed by atoms with Gasteiger partial charge in [0.1, 0.15) is 0 Å². The molecule has 0 saturated heterocycles. The van der Waals surface area contributed by atoms with Crippen LogP contribution < -0.4 is 5.32 Å². The van der Waals surface area contributed by atoms with Gasteiger partial charge in [-0.3, -0.25) is 4.79 Å². The number of hydrogen-bond donors (Lipinski definition) is 2. The zero-order valence-electron chi connectivity index (χ0n) is 11.5. The van der Waals surface area contributed by atoms with Crippen LogP contribution in [0.1, 0.15) is 42.6 Å². The number of benzene rings is 1. The van der Waals surface area contributed by atoms with E-state index in [-0.39, 0.29) is 22.8 Å². The predicted molar refractivity (Wildman–Crippen MR) is 73.3 cm³/mol. The summed E-state index contributed by atoms with van der Waals surface area (Å²) >= 11 is 0. The van der Waals surface area contributed by atoms with Gasteiger partial charge >= 0.3 is 5.97 Å². The molecule has 1 saturated carbocycles. The number of carboxylic acids is 1. The van der Waals surface area contributed by atoms with Crippen molar-refractivity contribution in [1.82, 2.24) is 0 Å². The Morgan fingerprint density at radius 1 is 1.47 bits per heavy atom. The van der Waals surface area contributed by atoms with Crippen molar-refractivity contribution in [3.05, 3.63) is 29.3 Å². The van der Waals surface area contributed by atoms with E-state index >= 15 is 0 Å². The first-order chi connectivity index (χ1) is 8.87. The third-order valence-electron chi connectivity index (χ3n) is 4.20. The maximum absolute atomic E-state index is 12.1. The number of aromatic carboxylic acids is 1. The number of carbonyl (C=O) groups is 2. The van der Waals surface area contributed by atoms with E-state index in [0.717, 1.165) is 12.8 Å². The lowest BCUT2D eigenvalue weighted by Crippen LogP contribution is -2.17. The molecular weight excluding hydrogens is 242 g/mol. The number of carboxylic acid groups (broad SMARTS) is 1. The second-order valence-electron chi connectivity index (χ2n) is 5.59. The molecule has 1 aliphatic rings. The van der Waals surface area contributed by atoms with Crippen LogP contribution in [0.15, 0.2) is 18.2 Å². The Hall–Kier alpha value is -1.84. The largest absolute Gasteiger partial charge is 0.478 e. The fourth-order valence-corrected chi connectivity index (χ4v) is 2.42. The Labute approximate surface area is 112 Å². The zero-order valence-corrected chi connectivity index (χ0v) is 11.5. The molecule has 2 rings (SSSR count). The zero-order chi connectivity index (χ0) is 14.2. The van der Waals surface area contributed by atoms with Gasteiger partial charge in [-0.05, 0) is 48.9 Å². The van der Waals surface area contributed by atoms with Gasteiger partial charge in [0.25, 0.3) is 0 Å². The van der Waals surface area contributed by atoms with Crippen molar-refractivity contribution in [2.75, 3.05) is 5.32 Å². The van der Waals surface area contributed by atoms with Crippen LogP contribution in [0.3, 0.4) is 0 Å². The van der Waals surface area contributed by atoms with Gasteiger partial charge < -0.3 is 10.4 Å². The number of nitrogens with one attached hydrogen (secondary N) is 1. The molecule has 102 valence electrons. The highest BCUT2D eigenvalue weighted by atomic mass is 16.4. The second-order valence-corrected chi connectivity index (χ2v) is 5.59. The molecule has 0 bridgehead atoms. The minimum absolute atomic E-state index is 0.0341. The first kappa shape index (κ1) is 13.6. The van der Waals surface area contributed by atoms with Gasteiger partial charge in [0.15, 0.2) is 0 Å². The Morgan fingerprint density at radius 3 is 2.63 bits per heavy atom. The summed E-state index contributed by atoms with van der Waals surface area (Å²) in [5.41, 5.74) is 1.72. The molecule has 0 aliphatic heterocycles. The van der Waals surface area contributed by atoms with E-state index in [1.807, 2.05) is 0 Å². The van der Waals surface area contributed by atoms with Gasteiger partial charge in [0, 0.05) is 11.6 Å². The SMILES string of the molecule is CCC1(C)CC1C(=O)Nc1ccc(C(=O)O)c(C)c1. The lowest BCUT2D eigenvalue weighted by molar-refractivity contribution is -0.118. The van der Waals surface area contributed by atoms with Crippen molar-refractivity contribution in [3.8, 4) is 0 Å². The summed E-state index contributed by atoms with van der Waals surface area (Å²) in [7, 11) is 0. The summed E-state index contributed by atoms with van der Waals surface area (Å²) in [6.07, 6.45) is 1.93. The summed E-state index contributed by atoms with van der Waals surface area (Å²) < 4.78 is 0. The highest BCUT2D eigenvalue weighted by Gasteiger charge is 2.52. The van der Waals surface area contributed by atoms with E-state index in [1.165, 1.54) is 6.07 Å². The van der Waals surface area contributed by atoms with Crippen LogP contribution in [0.4, 0.5) is 5.69 Å². The van der Waals surface area contributed by atoms with E-state index in [0.29, 0.717) is 11.3 Å². The van der Waals surface area contributed by atoms with Crippen LogP contribution in [0.25, 0.3) is 0 Å². The Kier molecular flexibility index (Phi) is 3.35. The third-order valence-corrected chi connectivity index (χ3v) is 4.20. The molecule has 1 aliphatic carbocycles. The molecule has 0 spiro atoms. The van der Waals surface area contributed by atoms with Crippen molar-refractivity contribution in [2.45, 2.75) is 33.6 Å². The summed E-state index contributed by atoms with van der Waals surface area (Å²) in [6, 6.07) is 4.87. The average molecular weight is 261 g/mol. The molecule has 1 aromatic rings. The fourth-order valence-electron chi connectivity index (χ4n) is 2.42. The number of hydrogen-bond acceptors (Lipinski definition) is 2. The van der Waals surface area contributed by atoms with Gasteiger partial charge in [-0.2, -0.15) is 0 Å². The molecule has 2 atom stereocenters. The van der Waals surface area contributed by atoms with Crippen molar-refractivity contribution in [2.24, 2.45) is 11.3 Å². The smallest absolute Gasteiger partial charge is 0.335 e. The van der Waals surface area contributed by atoms with Crippen LogP contribution in [0.2, 0.25) is 0 Å². The Balaban J connectivity index is 2.07. The summed E-state index contributed by atoms with van der Waals surface area (Å²) in [6.45, 7) is 5.95. The van der Waals surface area contributed by atoms with Crippen molar-refractivity contribution in [3.63, 3.8) is 0 Å². The molecule has 0 radical (unpaired) electrons. The van der Waals surface area contributed by atoms with E-state index < -0.39 is 5.97 Å². The van der Waals surface area contributed by atoms with E-state index in [1.54, 1.807) is 19.1 Å². The van der Waals surface area contributed by atoms with Gasteiger partial charge in [-0.15, -0.1) is 0 Å². The first-order valence-corrected chi connectivity index (χ1v) is 6.52. The van der Waals surface area contributed by atoms with Crippen molar-refractivity contribution >= 4 is 17.6 Å². The molecule has 2 unspecified atom stereocenters. The topological polar surface area (TPSA) is 66.4 Å². The fraction of sp³-hybridized carbons (Fsp3) is 0.467. The normalized spacial score (nSPS) is 24.9. The molecule has 19 heavy (non-hydrogen) atoms. The Morgan fingerprint density at radius 2 is 2.16 bits per heavy atom. The lowest BCUT2D eigenvalue weighted by Gasteiger charge is -2.10. The molecule has 4 heteroatoms. The maximum atomic E-state index is 12.1.